The van der Waals surface area contributed by atoms with Gasteiger partial charge in [-0.3, -0.25) is 0 Å². The minimum absolute atomic E-state index is 0.491. The molecule has 0 unspecified atom stereocenters. The number of para-hydroxylation sites is 2. The Kier molecular flexibility index (Phi) is 6.38. The second-order valence-electron chi connectivity index (χ2n) is 7.37. The van der Waals surface area contributed by atoms with Gasteiger partial charge in [0, 0.05) is 19.6 Å². The number of benzene rings is 3. The van der Waals surface area contributed by atoms with E-state index in [0.717, 1.165) is 22.2 Å². The summed E-state index contributed by atoms with van der Waals surface area (Å²) in [5, 5.41) is 0. The van der Waals surface area contributed by atoms with Gasteiger partial charge in [-0.25, -0.2) is 0 Å². The van der Waals surface area contributed by atoms with E-state index >= 15 is 0 Å². The molecule has 1 aromatic heterocycles. The Morgan fingerprint density at radius 2 is 1.81 bits per heavy atom. The summed E-state index contributed by atoms with van der Waals surface area (Å²) in [4.78, 5) is 6.64. The van der Waals surface area contributed by atoms with Crippen LogP contribution in [0.25, 0.3) is 11.1 Å². The lowest BCUT2D eigenvalue weighted by atomic mass is 10.1. The Morgan fingerprint density at radius 1 is 1.00 bits per heavy atom. The fourth-order valence-corrected chi connectivity index (χ4v) is 3.47. The van der Waals surface area contributed by atoms with Crippen LogP contribution in [-0.4, -0.2) is 25.2 Å². The van der Waals surface area contributed by atoms with E-state index < -0.39 is 0 Å². The number of rotatable bonds is 9. The van der Waals surface area contributed by atoms with Crippen LogP contribution in [0, 0.1) is 6.92 Å². The lowest BCUT2D eigenvalue weighted by Crippen LogP contribution is -2.29. The first-order valence-electron chi connectivity index (χ1n) is 10.3. The van der Waals surface area contributed by atoms with Gasteiger partial charge in [0.05, 0.1) is 7.11 Å². The average Bonchev–Trinajstić information content (AvgIpc) is 3.23. The molecule has 0 aliphatic carbocycles. The second-order valence-corrected chi connectivity index (χ2v) is 7.37. The first-order valence-corrected chi connectivity index (χ1v) is 10.3. The summed E-state index contributed by atoms with van der Waals surface area (Å²) in [6, 6.07) is 22.4. The molecule has 0 saturated heterocycles. The summed E-state index contributed by atoms with van der Waals surface area (Å²) in [5.41, 5.74) is 10.8. The van der Waals surface area contributed by atoms with E-state index in [0.29, 0.717) is 43.8 Å². The highest BCUT2D eigenvalue weighted by Crippen LogP contribution is 2.30. The summed E-state index contributed by atoms with van der Waals surface area (Å²) in [5.74, 6) is 1.40. The Hall–Kier alpha value is -3.51. The van der Waals surface area contributed by atoms with Crippen LogP contribution in [0.4, 0.5) is 6.01 Å². The molecule has 3 aromatic carbocycles. The van der Waals surface area contributed by atoms with Crippen LogP contribution in [0.1, 0.15) is 16.7 Å². The molecule has 0 fully saturated rings. The molecular formula is C25H27N3O3. The van der Waals surface area contributed by atoms with Gasteiger partial charge in [0.2, 0.25) is 0 Å². The molecule has 0 saturated carbocycles. The smallest absolute Gasteiger partial charge is 0.298 e. The van der Waals surface area contributed by atoms with Crippen LogP contribution in [0.2, 0.25) is 0 Å². The highest BCUT2D eigenvalue weighted by Gasteiger charge is 2.15. The molecular weight excluding hydrogens is 390 g/mol. The van der Waals surface area contributed by atoms with Crippen molar-refractivity contribution in [3.63, 3.8) is 0 Å². The van der Waals surface area contributed by atoms with Crippen molar-refractivity contribution in [1.29, 1.82) is 0 Å². The van der Waals surface area contributed by atoms with Gasteiger partial charge < -0.3 is 24.5 Å². The van der Waals surface area contributed by atoms with Crippen LogP contribution < -0.4 is 20.1 Å². The zero-order valence-corrected chi connectivity index (χ0v) is 17.9. The summed E-state index contributed by atoms with van der Waals surface area (Å²) < 4.78 is 17.6. The van der Waals surface area contributed by atoms with Crippen molar-refractivity contribution < 1.29 is 13.9 Å². The number of hydrogen-bond donors (Lipinski definition) is 1. The number of anilines is 1. The number of aryl methyl sites for hydroxylation is 1. The van der Waals surface area contributed by atoms with Gasteiger partial charge in [-0.05, 0) is 47.9 Å². The van der Waals surface area contributed by atoms with Crippen LogP contribution in [0.3, 0.4) is 0 Å². The molecule has 2 N–H and O–H groups in total. The van der Waals surface area contributed by atoms with E-state index in [4.69, 9.17) is 19.6 Å². The number of hydrogen-bond acceptors (Lipinski definition) is 6. The molecule has 6 heteroatoms. The molecule has 6 nitrogen and oxygen atoms in total. The standard InChI is InChI=1S/C25H27N3O3/c1-18-7-3-4-8-20(18)17-30-23-12-11-19(15-24(23)29-2)16-28(14-13-26)25-27-21-9-5-6-10-22(21)31-25/h3-12,15H,13-14,16-17,26H2,1-2H3. The first kappa shape index (κ1) is 20.8. The Labute approximate surface area is 182 Å². The van der Waals surface area contributed by atoms with Crippen LogP contribution in [-0.2, 0) is 13.2 Å². The topological polar surface area (TPSA) is 73.8 Å². The number of aromatic nitrogens is 1. The third-order valence-electron chi connectivity index (χ3n) is 5.20. The van der Waals surface area contributed by atoms with Crippen molar-refractivity contribution in [1.82, 2.24) is 4.98 Å². The monoisotopic (exact) mass is 417 g/mol. The highest BCUT2D eigenvalue weighted by atomic mass is 16.5. The molecule has 31 heavy (non-hydrogen) atoms. The summed E-state index contributed by atoms with van der Waals surface area (Å²) in [6.07, 6.45) is 0. The van der Waals surface area contributed by atoms with Gasteiger partial charge in [0.1, 0.15) is 12.1 Å². The lowest BCUT2D eigenvalue weighted by molar-refractivity contribution is 0.283. The number of nitrogens with zero attached hydrogens (tertiary/aromatic N) is 2. The Morgan fingerprint density at radius 3 is 2.58 bits per heavy atom. The molecule has 0 atom stereocenters. The maximum Gasteiger partial charge on any atom is 0.298 e. The molecule has 0 aliphatic rings. The predicted molar refractivity (Wildman–Crippen MR) is 123 cm³/mol. The molecule has 160 valence electrons. The quantitative estimate of drug-likeness (QED) is 0.426. The summed E-state index contributed by atoms with van der Waals surface area (Å²) in [6.45, 7) is 4.29. The second kappa shape index (κ2) is 9.53. The van der Waals surface area contributed by atoms with Gasteiger partial charge in [-0.15, -0.1) is 0 Å². The van der Waals surface area contributed by atoms with Crippen molar-refractivity contribution in [2.24, 2.45) is 5.73 Å². The van der Waals surface area contributed by atoms with E-state index in [2.05, 4.69) is 24.0 Å². The fraction of sp³-hybridized carbons (Fsp3) is 0.240. The van der Waals surface area contributed by atoms with Gasteiger partial charge in [0.15, 0.2) is 17.1 Å². The number of oxazole rings is 1. The zero-order chi connectivity index (χ0) is 21.6. The number of ether oxygens (including phenoxy) is 2. The van der Waals surface area contributed by atoms with Gasteiger partial charge >= 0.3 is 0 Å². The third-order valence-corrected chi connectivity index (χ3v) is 5.20. The van der Waals surface area contributed by atoms with E-state index in [1.807, 2.05) is 59.5 Å². The van der Waals surface area contributed by atoms with Crippen LogP contribution in [0.15, 0.2) is 71.1 Å². The molecule has 0 spiro atoms. The van der Waals surface area contributed by atoms with E-state index in [9.17, 15) is 0 Å². The summed E-state index contributed by atoms with van der Waals surface area (Å²) >= 11 is 0. The van der Waals surface area contributed by atoms with Crippen molar-refractivity contribution in [2.45, 2.75) is 20.1 Å². The Bertz CT molecular complexity index is 1120. The maximum atomic E-state index is 6.04. The molecule has 1 heterocycles. The molecule has 4 rings (SSSR count). The molecule has 0 bridgehead atoms. The summed E-state index contributed by atoms with van der Waals surface area (Å²) in [7, 11) is 1.65. The van der Waals surface area contributed by atoms with Crippen LogP contribution >= 0.6 is 0 Å². The van der Waals surface area contributed by atoms with Crippen LogP contribution in [0.5, 0.6) is 11.5 Å². The number of fused-ring (bicyclic) bond motifs is 1. The Balaban J connectivity index is 1.52. The largest absolute Gasteiger partial charge is 0.493 e. The minimum Gasteiger partial charge on any atom is -0.493 e. The van der Waals surface area contributed by atoms with E-state index in [-0.39, 0.29) is 0 Å². The number of nitrogens with two attached hydrogens (primary N) is 1. The lowest BCUT2D eigenvalue weighted by Gasteiger charge is -2.20. The predicted octanol–water partition coefficient (Wildman–Crippen LogP) is 4.69. The number of methoxy groups -OCH3 is 1. The normalized spacial score (nSPS) is 10.9. The molecule has 4 aromatic rings. The first-order chi connectivity index (χ1) is 15.2. The van der Waals surface area contributed by atoms with Gasteiger partial charge in [0.25, 0.3) is 6.01 Å². The fourth-order valence-electron chi connectivity index (χ4n) is 3.47. The third kappa shape index (κ3) is 4.81. The maximum absolute atomic E-state index is 6.04. The molecule has 0 amide bonds. The minimum atomic E-state index is 0.491. The van der Waals surface area contributed by atoms with Crippen molar-refractivity contribution in [3.8, 4) is 11.5 Å². The van der Waals surface area contributed by atoms with Gasteiger partial charge in [-0.2, -0.15) is 4.98 Å². The average molecular weight is 418 g/mol. The van der Waals surface area contributed by atoms with Crippen molar-refractivity contribution >= 4 is 17.1 Å². The van der Waals surface area contributed by atoms with Crippen molar-refractivity contribution in [2.75, 3.05) is 25.1 Å². The van der Waals surface area contributed by atoms with E-state index in [1.54, 1.807) is 7.11 Å². The van der Waals surface area contributed by atoms with Crippen molar-refractivity contribution in [3.05, 3.63) is 83.4 Å². The zero-order valence-electron chi connectivity index (χ0n) is 17.9. The molecule has 0 aliphatic heterocycles. The van der Waals surface area contributed by atoms with E-state index in [1.165, 1.54) is 5.56 Å². The molecule has 0 radical (unpaired) electrons. The highest BCUT2D eigenvalue weighted by molar-refractivity contribution is 5.74. The SMILES string of the molecule is COc1cc(CN(CCN)c2nc3ccccc3o2)ccc1OCc1ccccc1C. The van der Waals surface area contributed by atoms with Gasteiger partial charge in [-0.1, -0.05) is 42.5 Å².